The molecule has 0 aliphatic carbocycles. The molecule has 0 bridgehead atoms. The summed E-state index contributed by atoms with van der Waals surface area (Å²) in [5, 5.41) is 3.09. The van der Waals surface area contributed by atoms with Crippen LogP contribution in [0.4, 0.5) is 0 Å². The van der Waals surface area contributed by atoms with E-state index in [9.17, 15) is 4.79 Å². The number of nitrogens with one attached hydrogen (secondary N) is 1. The van der Waals surface area contributed by atoms with Gasteiger partial charge < -0.3 is 19.5 Å². The van der Waals surface area contributed by atoms with Crippen molar-refractivity contribution in [1.29, 1.82) is 0 Å². The quantitative estimate of drug-likeness (QED) is 0.656. The monoisotopic (exact) mass is 311 g/mol. The van der Waals surface area contributed by atoms with Crippen LogP contribution in [0.3, 0.4) is 0 Å². The van der Waals surface area contributed by atoms with Crippen molar-refractivity contribution in [1.82, 2.24) is 5.32 Å². The number of fused-ring (bicyclic) bond motifs is 1. The van der Waals surface area contributed by atoms with Crippen LogP contribution in [0.15, 0.2) is 54.7 Å². The fraction of sp³-hybridized carbons (Fsp3) is 0.167. The summed E-state index contributed by atoms with van der Waals surface area (Å²) in [6, 6.07) is 12.8. The SMILES string of the molecule is COc1ccc(C(=O)/C=C/NCc2ccc3c(c2)OCO3)cc1. The summed E-state index contributed by atoms with van der Waals surface area (Å²) in [5.41, 5.74) is 1.67. The van der Waals surface area contributed by atoms with E-state index in [1.807, 2.05) is 18.2 Å². The van der Waals surface area contributed by atoms with E-state index in [-0.39, 0.29) is 12.6 Å². The maximum absolute atomic E-state index is 12.0. The zero-order chi connectivity index (χ0) is 16.1. The molecule has 0 unspecified atom stereocenters. The van der Waals surface area contributed by atoms with Crippen LogP contribution in [0, 0.1) is 0 Å². The predicted molar refractivity (Wildman–Crippen MR) is 85.9 cm³/mol. The Bertz CT molecular complexity index is 722. The van der Waals surface area contributed by atoms with E-state index in [1.54, 1.807) is 37.6 Å². The second kappa shape index (κ2) is 6.87. The largest absolute Gasteiger partial charge is 0.497 e. The van der Waals surface area contributed by atoms with Crippen molar-refractivity contribution in [2.24, 2.45) is 0 Å². The van der Waals surface area contributed by atoms with Gasteiger partial charge in [0.15, 0.2) is 17.3 Å². The van der Waals surface area contributed by atoms with Crippen LogP contribution < -0.4 is 19.5 Å². The van der Waals surface area contributed by atoms with Crippen molar-refractivity contribution in [3.8, 4) is 17.2 Å². The van der Waals surface area contributed by atoms with Gasteiger partial charge in [0, 0.05) is 24.4 Å². The van der Waals surface area contributed by atoms with Crippen LogP contribution in [-0.4, -0.2) is 19.7 Å². The number of carbonyl (C=O) groups excluding carboxylic acids is 1. The van der Waals surface area contributed by atoms with Gasteiger partial charge in [-0.3, -0.25) is 4.79 Å². The molecule has 0 spiro atoms. The Morgan fingerprint density at radius 2 is 1.96 bits per heavy atom. The molecule has 3 rings (SSSR count). The van der Waals surface area contributed by atoms with Crippen molar-refractivity contribution >= 4 is 5.78 Å². The number of ether oxygens (including phenoxy) is 3. The molecule has 0 fully saturated rings. The van der Waals surface area contributed by atoms with Crippen molar-refractivity contribution in [2.75, 3.05) is 13.9 Å². The zero-order valence-corrected chi connectivity index (χ0v) is 12.7. The van der Waals surface area contributed by atoms with Gasteiger partial charge >= 0.3 is 0 Å². The first kappa shape index (κ1) is 15.0. The lowest BCUT2D eigenvalue weighted by Crippen LogP contribution is -2.06. The molecule has 2 aromatic carbocycles. The molecule has 5 nitrogen and oxygen atoms in total. The number of allylic oxidation sites excluding steroid dienone is 1. The molecule has 1 aliphatic rings. The molecule has 23 heavy (non-hydrogen) atoms. The van der Waals surface area contributed by atoms with Gasteiger partial charge in [-0.1, -0.05) is 6.07 Å². The first-order valence-electron chi connectivity index (χ1n) is 7.23. The Hall–Kier alpha value is -2.95. The Morgan fingerprint density at radius 1 is 1.17 bits per heavy atom. The maximum Gasteiger partial charge on any atom is 0.231 e. The molecule has 0 radical (unpaired) electrons. The Balaban J connectivity index is 1.53. The number of carbonyl (C=O) groups is 1. The second-order valence-corrected chi connectivity index (χ2v) is 4.99. The molecule has 1 heterocycles. The molecule has 5 heteroatoms. The fourth-order valence-electron chi connectivity index (χ4n) is 2.21. The standard InChI is InChI=1S/C18H17NO4/c1-21-15-5-3-14(4-6-15)16(20)8-9-19-11-13-2-7-17-18(10-13)23-12-22-17/h2-10,19H,11-12H2,1H3/b9-8+. The van der Waals surface area contributed by atoms with E-state index in [0.717, 1.165) is 22.8 Å². The lowest BCUT2D eigenvalue weighted by Gasteiger charge is -2.03. The van der Waals surface area contributed by atoms with E-state index in [1.165, 1.54) is 6.08 Å². The normalized spacial score (nSPS) is 12.4. The minimum Gasteiger partial charge on any atom is -0.497 e. The Morgan fingerprint density at radius 3 is 2.74 bits per heavy atom. The second-order valence-electron chi connectivity index (χ2n) is 4.99. The highest BCUT2D eigenvalue weighted by molar-refractivity contribution is 6.04. The van der Waals surface area contributed by atoms with Gasteiger partial charge in [-0.25, -0.2) is 0 Å². The number of rotatable bonds is 6. The summed E-state index contributed by atoms with van der Waals surface area (Å²) in [5.74, 6) is 2.18. The van der Waals surface area contributed by atoms with E-state index in [4.69, 9.17) is 14.2 Å². The molecule has 0 atom stereocenters. The average molecular weight is 311 g/mol. The number of hydrogen-bond acceptors (Lipinski definition) is 5. The van der Waals surface area contributed by atoms with Crippen molar-refractivity contribution in [3.05, 3.63) is 65.9 Å². The minimum atomic E-state index is -0.0640. The Kier molecular flexibility index (Phi) is 4.47. The van der Waals surface area contributed by atoms with Crippen LogP contribution in [0.25, 0.3) is 0 Å². The molecular weight excluding hydrogens is 294 g/mol. The van der Waals surface area contributed by atoms with Crippen molar-refractivity contribution in [2.45, 2.75) is 6.54 Å². The van der Waals surface area contributed by atoms with Gasteiger partial charge in [0.25, 0.3) is 0 Å². The lowest BCUT2D eigenvalue weighted by atomic mass is 10.1. The van der Waals surface area contributed by atoms with Gasteiger partial charge in [0.05, 0.1) is 7.11 Å². The smallest absolute Gasteiger partial charge is 0.231 e. The first-order valence-corrected chi connectivity index (χ1v) is 7.23. The zero-order valence-electron chi connectivity index (χ0n) is 12.7. The highest BCUT2D eigenvalue weighted by Crippen LogP contribution is 2.32. The lowest BCUT2D eigenvalue weighted by molar-refractivity contribution is 0.104. The van der Waals surface area contributed by atoms with Gasteiger partial charge in [-0.05, 0) is 42.0 Å². The van der Waals surface area contributed by atoms with Gasteiger partial charge in [0.2, 0.25) is 6.79 Å². The van der Waals surface area contributed by atoms with E-state index in [2.05, 4.69) is 5.32 Å². The van der Waals surface area contributed by atoms with Crippen LogP contribution in [0.2, 0.25) is 0 Å². The third-order valence-corrected chi connectivity index (χ3v) is 3.47. The summed E-state index contributed by atoms with van der Waals surface area (Å²) < 4.78 is 15.7. The molecular formula is C18H17NO4. The van der Waals surface area contributed by atoms with Crippen LogP contribution in [0.1, 0.15) is 15.9 Å². The van der Waals surface area contributed by atoms with Crippen LogP contribution in [-0.2, 0) is 6.54 Å². The number of hydrogen-bond donors (Lipinski definition) is 1. The number of benzene rings is 2. The van der Waals surface area contributed by atoms with E-state index < -0.39 is 0 Å². The topological polar surface area (TPSA) is 56.8 Å². The molecule has 0 saturated carbocycles. The van der Waals surface area contributed by atoms with Gasteiger partial charge in [-0.15, -0.1) is 0 Å². The maximum atomic E-state index is 12.0. The summed E-state index contributed by atoms with van der Waals surface area (Å²) in [6.07, 6.45) is 3.16. The average Bonchev–Trinajstić information content (AvgIpc) is 3.06. The first-order chi connectivity index (χ1) is 11.3. The van der Waals surface area contributed by atoms with Gasteiger partial charge in [-0.2, -0.15) is 0 Å². The molecule has 0 amide bonds. The molecule has 0 saturated heterocycles. The molecule has 2 aromatic rings. The molecule has 0 aromatic heterocycles. The summed E-state index contributed by atoms with van der Waals surface area (Å²) in [4.78, 5) is 12.0. The summed E-state index contributed by atoms with van der Waals surface area (Å²) in [7, 11) is 1.59. The number of methoxy groups -OCH3 is 1. The third-order valence-electron chi connectivity index (χ3n) is 3.47. The fourth-order valence-corrected chi connectivity index (χ4v) is 2.21. The minimum absolute atomic E-state index is 0.0640. The molecule has 1 aliphatic heterocycles. The van der Waals surface area contributed by atoms with Crippen molar-refractivity contribution in [3.63, 3.8) is 0 Å². The number of ketones is 1. The highest BCUT2D eigenvalue weighted by Gasteiger charge is 2.12. The summed E-state index contributed by atoms with van der Waals surface area (Å²) in [6.45, 7) is 0.867. The van der Waals surface area contributed by atoms with E-state index >= 15 is 0 Å². The highest BCUT2D eigenvalue weighted by atomic mass is 16.7. The van der Waals surface area contributed by atoms with Crippen LogP contribution >= 0.6 is 0 Å². The van der Waals surface area contributed by atoms with Crippen molar-refractivity contribution < 1.29 is 19.0 Å². The predicted octanol–water partition coefficient (Wildman–Crippen LogP) is 2.91. The molecule has 118 valence electrons. The Labute approximate surface area is 134 Å². The van der Waals surface area contributed by atoms with Gasteiger partial charge in [0.1, 0.15) is 5.75 Å². The van der Waals surface area contributed by atoms with E-state index in [0.29, 0.717) is 12.1 Å². The molecule has 1 N–H and O–H groups in total. The third kappa shape index (κ3) is 3.63. The summed E-state index contributed by atoms with van der Waals surface area (Å²) >= 11 is 0. The van der Waals surface area contributed by atoms with Crippen LogP contribution in [0.5, 0.6) is 17.2 Å².